The van der Waals surface area contributed by atoms with Crippen LogP contribution in [0, 0.1) is 3.57 Å². The van der Waals surface area contributed by atoms with Gasteiger partial charge in [0.1, 0.15) is 0 Å². The van der Waals surface area contributed by atoms with E-state index >= 15 is 0 Å². The van der Waals surface area contributed by atoms with Gasteiger partial charge in [-0.05, 0) is 34.7 Å². The first-order valence-electron chi connectivity index (χ1n) is 3.04. The molecule has 0 amide bonds. The first-order chi connectivity index (χ1) is 5.82. The van der Waals surface area contributed by atoms with E-state index in [-0.39, 0.29) is 13.6 Å². The van der Waals surface area contributed by atoms with Gasteiger partial charge in [0.15, 0.2) is 0 Å². The zero-order valence-corrected chi connectivity index (χ0v) is 9.59. The van der Waals surface area contributed by atoms with Crippen molar-refractivity contribution in [1.29, 1.82) is 0 Å². The van der Waals surface area contributed by atoms with E-state index in [9.17, 15) is 13.2 Å². The lowest BCUT2D eigenvalue weighted by Gasteiger charge is -2.11. The van der Waals surface area contributed by atoms with Gasteiger partial charge < -0.3 is 0 Å². The molecule has 13 heavy (non-hydrogen) atoms. The zero-order valence-electron chi connectivity index (χ0n) is 5.92. The molecule has 0 spiro atoms. The molecule has 0 aliphatic rings. The molecule has 0 aliphatic carbocycles. The predicted molar refractivity (Wildman–Crippen MR) is 54.2 cm³/mol. The van der Waals surface area contributed by atoms with Crippen LogP contribution in [0.1, 0.15) is 5.56 Å². The van der Waals surface area contributed by atoms with E-state index in [2.05, 4.69) is 0 Å². The minimum atomic E-state index is -4.43. The molecule has 0 saturated carbocycles. The fourth-order valence-corrected chi connectivity index (χ4v) is 2.69. The highest BCUT2D eigenvalue weighted by Gasteiger charge is 2.35. The topological polar surface area (TPSA) is 0 Å². The lowest BCUT2D eigenvalue weighted by atomic mass is 10.2. The highest BCUT2D eigenvalue weighted by Crippen LogP contribution is 2.39. The normalized spacial score (nSPS) is 11.8. The molecule has 0 fully saturated rings. The average molecular weight is 341 g/mol. The Morgan fingerprint density at radius 1 is 1.15 bits per heavy atom. The van der Waals surface area contributed by atoms with E-state index < -0.39 is 11.7 Å². The monoisotopic (exact) mass is 340 g/mol. The van der Waals surface area contributed by atoms with Crippen molar-refractivity contribution in [3.8, 4) is 0 Å². The average Bonchev–Trinajstić information content (AvgIpc) is 1.78. The van der Waals surface area contributed by atoms with Crippen molar-refractivity contribution in [1.82, 2.24) is 0 Å². The van der Waals surface area contributed by atoms with Gasteiger partial charge >= 0.3 is 6.18 Å². The van der Waals surface area contributed by atoms with Crippen LogP contribution >= 0.6 is 45.8 Å². The van der Waals surface area contributed by atoms with Gasteiger partial charge in [-0.3, -0.25) is 0 Å². The largest absolute Gasteiger partial charge is 0.418 e. The van der Waals surface area contributed by atoms with Crippen molar-refractivity contribution in [3.05, 3.63) is 31.3 Å². The van der Waals surface area contributed by atoms with Gasteiger partial charge in [0.05, 0.1) is 10.6 Å². The quantitative estimate of drug-likeness (QED) is 0.605. The molecule has 0 heterocycles. The summed E-state index contributed by atoms with van der Waals surface area (Å²) in [5.41, 5.74) is -0.834. The lowest BCUT2D eigenvalue weighted by Crippen LogP contribution is -2.08. The van der Waals surface area contributed by atoms with Gasteiger partial charge in [-0.15, -0.1) is 0 Å². The van der Waals surface area contributed by atoms with Gasteiger partial charge in [-0.25, -0.2) is 0 Å². The summed E-state index contributed by atoms with van der Waals surface area (Å²) >= 11 is 12.5. The molecule has 0 bridgehead atoms. The van der Waals surface area contributed by atoms with Crippen LogP contribution in [0.15, 0.2) is 12.1 Å². The molecule has 0 atom stereocenters. The summed E-state index contributed by atoms with van der Waals surface area (Å²) in [4.78, 5) is 0. The molecule has 0 N–H and O–H groups in total. The highest BCUT2D eigenvalue weighted by molar-refractivity contribution is 14.1. The van der Waals surface area contributed by atoms with E-state index in [4.69, 9.17) is 23.2 Å². The molecule has 0 aliphatic heterocycles. The predicted octanol–water partition coefficient (Wildman–Crippen LogP) is 4.62. The maximum atomic E-state index is 12.3. The van der Waals surface area contributed by atoms with E-state index in [1.54, 1.807) is 22.6 Å². The number of hydrogen-bond donors (Lipinski definition) is 0. The molecule has 72 valence electrons. The Labute approximate surface area is 96.2 Å². The number of hydrogen-bond acceptors (Lipinski definition) is 0. The minimum Gasteiger partial charge on any atom is -0.166 e. The van der Waals surface area contributed by atoms with Gasteiger partial charge in [0.25, 0.3) is 0 Å². The first kappa shape index (κ1) is 11.4. The molecular formula is C7H2Cl2F3I. The number of rotatable bonds is 0. The number of alkyl halides is 3. The first-order valence-corrected chi connectivity index (χ1v) is 4.87. The summed E-state index contributed by atoms with van der Waals surface area (Å²) in [6.45, 7) is 0. The van der Waals surface area contributed by atoms with Crippen molar-refractivity contribution < 1.29 is 13.2 Å². The van der Waals surface area contributed by atoms with Crippen molar-refractivity contribution >= 4 is 45.8 Å². The maximum absolute atomic E-state index is 12.3. The minimum absolute atomic E-state index is 0.00241. The highest BCUT2D eigenvalue weighted by atomic mass is 127. The van der Waals surface area contributed by atoms with Crippen LogP contribution in [0.2, 0.25) is 10.0 Å². The molecule has 1 rings (SSSR count). The van der Waals surface area contributed by atoms with Crippen molar-refractivity contribution in [2.45, 2.75) is 6.18 Å². The Kier molecular flexibility index (Phi) is 3.35. The van der Waals surface area contributed by atoms with E-state index in [1.165, 1.54) is 6.07 Å². The fraction of sp³-hybridized carbons (Fsp3) is 0.143. The van der Waals surface area contributed by atoms with E-state index in [1.807, 2.05) is 0 Å². The third-order valence-electron chi connectivity index (χ3n) is 1.29. The van der Waals surface area contributed by atoms with Crippen LogP contribution in [0.3, 0.4) is 0 Å². The molecule has 0 saturated heterocycles. The molecule has 0 radical (unpaired) electrons. The molecule has 0 nitrogen and oxygen atoms in total. The molecule has 1 aromatic carbocycles. The van der Waals surface area contributed by atoms with Crippen molar-refractivity contribution in [3.63, 3.8) is 0 Å². The second-order valence-corrected chi connectivity index (χ2v) is 4.25. The zero-order chi connectivity index (χ0) is 10.2. The van der Waals surface area contributed by atoms with Crippen LogP contribution in [0.25, 0.3) is 0 Å². The molecular weight excluding hydrogens is 339 g/mol. The molecule has 0 aromatic heterocycles. The molecule has 6 heteroatoms. The summed E-state index contributed by atoms with van der Waals surface area (Å²) in [7, 11) is 0. The summed E-state index contributed by atoms with van der Waals surface area (Å²) in [6.07, 6.45) is -4.43. The van der Waals surface area contributed by atoms with Crippen LogP contribution in [0.5, 0.6) is 0 Å². The Morgan fingerprint density at radius 2 is 1.69 bits per heavy atom. The number of halogens is 6. The van der Waals surface area contributed by atoms with Gasteiger partial charge in [0, 0.05) is 8.59 Å². The summed E-state index contributed by atoms with van der Waals surface area (Å²) < 4.78 is 36.9. The summed E-state index contributed by atoms with van der Waals surface area (Å²) in [5.74, 6) is 0. The smallest absolute Gasteiger partial charge is 0.166 e. The summed E-state index contributed by atoms with van der Waals surface area (Å²) in [6, 6.07) is 2.30. The molecule has 0 unspecified atom stereocenters. The van der Waals surface area contributed by atoms with Crippen LogP contribution in [-0.2, 0) is 6.18 Å². The summed E-state index contributed by atoms with van der Waals surface area (Å²) in [5, 5.41) is -0.174. The Bertz CT molecular complexity index is 312. The van der Waals surface area contributed by atoms with Gasteiger partial charge in [-0.2, -0.15) is 13.2 Å². The Balaban J connectivity index is 3.38. The Hall–Kier alpha value is 0.320. The fourth-order valence-electron chi connectivity index (χ4n) is 0.813. The second kappa shape index (κ2) is 3.82. The van der Waals surface area contributed by atoms with Gasteiger partial charge in [-0.1, -0.05) is 23.2 Å². The van der Waals surface area contributed by atoms with E-state index in [0.29, 0.717) is 0 Å². The lowest BCUT2D eigenvalue weighted by molar-refractivity contribution is -0.138. The van der Waals surface area contributed by atoms with E-state index in [0.717, 1.165) is 6.07 Å². The Morgan fingerprint density at radius 3 is 2.08 bits per heavy atom. The van der Waals surface area contributed by atoms with Crippen molar-refractivity contribution in [2.75, 3.05) is 0 Å². The van der Waals surface area contributed by atoms with Crippen molar-refractivity contribution in [2.24, 2.45) is 0 Å². The third kappa shape index (κ3) is 2.63. The van der Waals surface area contributed by atoms with Crippen LogP contribution < -0.4 is 0 Å². The van der Waals surface area contributed by atoms with Crippen LogP contribution in [0.4, 0.5) is 13.2 Å². The maximum Gasteiger partial charge on any atom is 0.418 e. The SMILES string of the molecule is FC(F)(F)c1c(Cl)cc(Cl)cc1I. The second-order valence-electron chi connectivity index (χ2n) is 2.24. The van der Waals surface area contributed by atoms with Gasteiger partial charge in [0.2, 0.25) is 0 Å². The van der Waals surface area contributed by atoms with Crippen LogP contribution in [-0.4, -0.2) is 0 Å². The molecule has 1 aromatic rings. The third-order valence-corrected chi connectivity index (χ3v) is 2.66. The standard InChI is InChI=1S/C7H2Cl2F3I/c8-3-1-4(9)6(5(13)2-3)7(10,11)12/h1-2H. The number of benzene rings is 1.